The predicted octanol–water partition coefficient (Wildman–Crippen LogP) is -0.507. The highest BCUT2D eigenvalue weighted by atomic mass is 15.0. The van der Waals surface area contributed by atoms with Gasteiger partial charge in [0, 0.05) is 6.04 Å². The normalized spacial score (nSPS) is 26.1. The molecule has 0 aromatic heterocycles. The standard InChI is InChI=1S/C5H11BN2/c6-8-3-1-5(7)2-4-8/h5H,1-4,7H2. The van der Waals surface area contributed by atoms with Gasteiger partial charge in [0.05, 0.1) is 0 Å². The van der Waals surface area contributed by atoms with Gasteiger partial charge in [-0.05, 0) is 25.9 Å². The lowest BCUT2D eigenvalue weighted by atomic mass is 10.0. The van der Waals surface area contributed by atoms with E-state index in [0.717, 1.165) is 25.9 Å². The van der Waals surface area contributed by atoms with E-state index in [-0.39, 0.29) is 0 Å². The fourth-order valence-electron chi connectivity index (χ4n) is 0.919. The molecular formula is C5H11BN2. The number of piperidine rings is 1. The van der Waals surface area contributed by atoms with Crippen molar-refractivity contribution in [3.8, 4) is 0 Å². The lowest BCUT2D eigenvalue weighted by molar-refractivity contribution is 0.335. The van der Waals surface area contributed by atoms with Gasteiger partial charge in [-0.15, -0.1) is 0 Å². The zero-order valence-corrected chi connectivity index (χ0v) is 5.01. The molecule has 0 saturated carbocycles. The van der Waals surface area contributed by atoms with Crippen molar-refractivity contribution in [3.05, 3.63) is 0 Å². The van der Waals surface area contributed by atoms with Crippen LogP contribution in [0.5, 0.6) is 0 Å². The zero-order chi connectivity index (χ0) is 5.98. The number of hydrogen-bond donors (Lipinski definition) is 1. The maximum absolute atomic E-state index is 5.61. The molecule has 8 heavy (non-hydrogen) atoms. The van der Waals surface area contributed by atoms with Crippen LogP contribution in [0.3, 0.4) is 0 Å². The molecule has 0 aromatic carbocycles. The summed E-state index contributed by atoms with van der Waals surface area (Å²) in [5, 5.41) is 0. The van der Waals surface area contributed by atoms with Crippen molar-refractivity contribution < 1.29 is 0 Å². The van der Waals surface area contributed by atoms with Gasteiger partial charge in [-0.25, -0.2) is 0 Å². The van der Waals surface area contributed by atoms with E-state index < -0.39 is 0 Å². The van der Waals surface area contributed by atoms with Crippen LogP contribution in [-0.4, -0.2) is 31.9 Å². The van der Waals surface area contributed by atoms with Gasteiger partial charge >= 0.3 is 0 Å². The van der Waals surface area contributed by atoms with Gasteiger partial charge in [-0.2, -0.15) is 0 Å². The van der Waals surface area contributed by atoms with Crippen LogP contribution in [0.1, 0.15) is 12.8 Å². The fraction of sp³-hybridized carbons (Fsp3) is 1.00. The van der Waals surface area contributed by atoms with Gasteiger partial charge < -0.3 is 10.5 Å². The van der Waals surface area contributed by atoms with Crippen molar-refractivity contribution in [1.82, 2.24) is 4.81 Å². The second kappa shape index (κ2) is 2.51. The van der Waals surface area contributed by atoms with E-state index in [2.05, 4.69) is 0 Å². The summed E-state index contributed by atoms with van der Waals surface area (Å²) in [7, 11) is 5.47. The van der Waals surface area contributed by atoms with E-state index >= 15 is 0 Å². The Morgan fingerprint density at radius 1 is 1.38 bits per heavy atom. The van der Waals surface area contributed by atoms with Crippen LogP contribution in [0.4, 0.5) is 0 Å². The van der Waals surface area contributed by atoms with E-state index in [0.29, 0.717) is 6.04 Å². The summed E-state index contributed by atoms with van der Waals surface area (Å²) in [4.78, 5) is 1.82. The Morgan fingerprint density at radius 2 is 1.88 bits per heavy atom. The van der Waals surface area contributed by atoms with Gasteiger partial charge in [0.2, 0.25) is 0 Å². The summed E-state index contributed by atoms with van der Waals surface area (Å²) in [6.07, 6.45) is 2.10. The molecule has 1 fully saturated rings. The van der Waals surface area contributed by atoms with Crippen LogP contribution in [-0.2, 0) is 0 Å². The molecule has 2 nitrogen and oxygen atoms in total. The summed E-state index contributed by atoms with van der Waals surface area (Å²) in [5.41, 5.74) is 5.61. The highest BCUT2D eigenvalue weighted by Gasteiger charge is 2.10. The minimum atomic E-state index is 0.398. The monoisotopic (exact) mass is 110 g/mol. The highest BCUT2D eigenvalue weighted by molar-refractivity contribution is 6.04. The van der Waals surface area contributed by atoms with Crippen molar-refractivity contribution in [2.45, 2.75) is 18.9 Å². The molecule has 0 aromatic rings. The number of nitrogens with zero attached hydrogens (tertiary/aromatic N) is 1. The Hall–Kier alpha value is -0.0151. The van der Waals surface area contributed by atoms with Crippen LogP contribution >= 0.6 is 0 Å². The Morgan fingerprint density at radius 3 is 2.25 bits per heavy atom. The van der Waals surface area contributed by atoms with Crippen LogP contribution in [0, 0.1) is 0 Å². The molecule has 0 unspecified atom stereocenters. The average Bonchev–Trinajstić information content (AvgIpc) is 1.77. The summed E-state index contributed by atoms with van der Waals surface area (Å²) in [5.74, 6) is 0. The summed E-state index contributed by atoms with van der Waals surface area (Å²) >= 11 is 0. The van der Waals surface area contributed by atoms with Crippen LogP contribution in [0.2, 0.25) is 0 Å². The van der Waals surface area contributed by atoms with Crippen molar-refractivity contribution in [2.24, 2.45) is 5.73 Å². The van der Waals surface area contributed by atoms with Crippen molar-refractivity contribution in [1.29, 1.82) is 0 Å². The van der Waals surface area contributed by atoms with E-state index in [1.165, 1.54) is 0 Å². The van der Waals surface area contributed by atoms with E-state index in [4.69, 9.17) is 13.7 Å². The predicted molar refractivity (Wildman–Crippen MR) is 34.5 cm³/mol. The smallest absolute Gasteiger partial charge is 0.182 e. The molecule has 1 aliphatic rings. The molecule has 1 aliphatic heterocycles. The molecule has 1 saturated heterocycles. The van der Waals surface area contributed by atoms with Crippen molar-refractivity contribution in [3.63, 3.8) is 0 Å². The second-order valence-corrected chi connectivity index (χ2v) is 2.37. The Balaban J connectivity index is 2.19. The number of rotatable bonds is 0. The lowest BCUT2D eigenvalue weighted by Crippen LogP contribution is -2.38. The van der Waals surface area contributed by atoms with Gasteiger partial charge in [0.25, 0.3) is 0 Å². The SMILES string of the molecule is [B]N1CCC(N)CC1. The third-order valence-corrected chi connectivity index (χ3v) is 1.57. The molecule has 3 heteroatoms. The van der Waals surface area contributed by atoms with Gasteiger partial charge in [0.15, 0.2) is 7.98 Å². The summed E-state index contributed by atoms with van der Waals surface area (Å²) < 4.78 is 0. The fourth-order valence-corrected chi connectivity index (χ4v) is 0.919. The largest absolute Gasteiger partial charge is 0.353 e. The molecule has 1 heterocycles. The van der Waals surface area contributed by atoms with Gasteiger partial charge in [0.1, 0.15) is 0 Å². The first-order chi connectivity index (χ1) is 3.79. The average molecular weight is 110 g/mol. The molecule has 0 spiro atoms. The molecule has 2 radical (unpaired) electrons. The topological polar surface area (TPSA) is 29.3 Å². The van der Waals surface area contributed by atoms with Gasteiger partial charge in [-0.3, -0.25) is 0 Å². The van der Waals surface area contributed by atoms with Crippen LogP contribution < -0.4 is 5.73 Å². The number of nitrogens with two attached hydrogens (primary N) is 1. The lowest BCUT2D eigenvalue weighted by Gasteiger charge is -2.26. The minimum Gasteiger partial charge on any atom is -0.353 e. The molecular weight excluding hydrogens is 98.9 g/mol. The Labute approximate surface area is 51.5 Å². The first kappa shape index (κ1) is 6.11. The maximum atomic E-state index is 5.61. The Kier molecular flexibility index (Phi) is 1.92. The maximum Gasteiger partial charge on any atom is 0.182 e. The molecule has 2 N–H and O–H groups in total. The Bertz CT molecular complexity index is 58.8. The number of hydrogen-bond acceptors (Lipinski definition) is 2. The highest BCUT2D eigenvalue weighted by Crippen LogP contribution is 2.03. The van der Waals surface area contributed by atoms with Crippen molar-refractivity contribution in [2.75, 3.05) is 13.1 Å². The van der Waals surface area contributed by atoms with Crippen LogP contribution in [0.15, 0.2) is 0 Å². The molecule has 0 atom stereocenters. The first-order valence-electron chi connectivity index (χ1n) is 3.04. The molecule has 0 aliphatic carbocycles. The molecule has 1 rings (SSSR count). The van der Waals surface area contributed by atoms with Crippen molar-refractivity contribution >= 4 is 7.98 Å². The quantitative estimate of drug-likeness (QED) is 0.425. The van der Waals surface area contributed by atoms with Crippen LogP contribution in [0.25, 0.3) is 0 Å². The van der Waals surface area contributed by atoms with Gasteiger partial charge in [-0.1, -0.05) is 0 Å². The summed E-state index contributed by atoms with van der Waals surface area (Å²) in [6.45, 7) is 1.92. The second-order valence-electron chi connectivity index (χ2n) is 2.37. The zero-order valence-electron chi connectivity index (χ0n) is 5.01. The van der Waals surface area contributed by atoms with E-state index in [9.17, 15) is 0 Å². The summed E-state index contributed by atoms with van der Waals surface area (Å²) in [6, 6.07) is 0.398. The van der Waals surface area contributed by atoms with E-state index in [1.807, 2.05) is 4.81 Å². The third kappa shape index (κ3) is 1.49. The minimum absolute atomic E-state index is 0.398. The molecule has 0 bridgehead atoms. The molecule has 44 valence electrons. The first-order valence-corrected chi connectivity index (χ1v) is 3.04. The molecule has 0 amide bonds. The third-order valence-electron chi connectivity index (χ3n) is 1.57. The van der Waals surface area contributed by atoms with E-state index in [1.54, 1.807) is 0 Å².